The van der Waals surface area contributed by atoms with Crippen molar-refractivity contribution in [3.05, 3.63) is 0 Å². The summed E-state index contributed by atoms with van der Waals surface area (Å²) in [6.45, 7) is -0.778. The highest BCUT2D eigenvalue weighted by Gasteiger charge is 2.75. The number of aliphatic hydroxyl groups is 3. The van der Waals surface area contributed by atoms with Crippen molar-refractivity contribution in [3.63, 3.8) is 0 Å². The molecule has 6 nitrogen and oxygen atoms in total. The Hall–Kier alpha value is -0.175. The van der Waals surface area contributed by atoms with Gasteiger partial charge in [0.1, 0.15) is 6.61 Å². The van der Waals surface area contributed by atoms with Crippen LogP contribution in [-0.4, -0.2) is 41.0 Å². The Balaban J connectivity index is 2.25. The van der Waals surface area contributed by atoms with Crippen molar-refractivity contribution in [2.75, 3.05) is 6.61 Å². The van der Waals surface area contributed by atoms with Crippen LogP contribution in [0.15, 0.2) is 0 Å². The molecule has 10 heavy (non-hydrogen) atoms. The van der Waals surface area contributed by atoms with Gasteiger partial charge in [0.05, 0.1) is 0 Å². The third-order valence-corrected chi connectivity index (χ3v) is 1.51. The molecule has 2 bridgehead atoms. The Kier molecular flexibility index (Phi) is 0.996. The first-order chi connectivity index (χ1) is 4.60. The molecule has 0 amide bonds. The highest BCUT2D eigenvalue weighted by atomic mass is 17.0. The second-order valence-electron chi connectivity index (χ2n) is 2.17. The van der Waals surface area contributed by atoms with E-state index in [1.165, 1.54) is 0 Å². The molecule has 1 unspecified atom stereocenters. The lowest BCUT2D eigenvalue weighted by molar-refractivity contribution is -0.405. The Bertz CT molecular complexity index is 166. The van der Waals surface area contributed by atoms with E-state index in [0.717, 1.165) is 0 Å². The number of rotatable bonds is 1. The van der Waals surface area contributed by atoms with Crippen LogP contribution in [0.5, 0.6) is 0 Å². The Labute approximate surface area is 56.1 Å². The van der Waals surface area contributed by atoms with Crippen molar-refractivity contribution in [1.29, 1.82) is 0 Å². The SMILES string of the molecule is OCC1(O)OB2OC1(O)O2. The molecule has 1 atom stereocenters. The summed E-state index contributed by atoms with van der Waals surface area (Å²) in [6.07, 6.45) is 0. The maximum absolute atomic E-state index is 9.10. The van der Waals surface area contributed by atoms with Gasteiger partial charge in [-0.1, -0.05) is 0 Å². The molecule has 7 heteroatoms. The molecular weight excluding hydrogens is 143 g/mol. The average Bonchev–Trinajstić information content (AvgIpc) is 2.17. The van der Waals surface area contributed by atoms with E-state index in [0.29, 0.717) is 0 Å². The number of hydrogen-bond acceptors (Lipinski definition) is 6. The summed E-state index contributed by atoms with van der Waals surface area (Å²) < 4.78 is 13.4. The molecule has 56 valence electrons. The molecular formula is C3H5BO6. The number of fused-ring (bicyclic) bond motifs is 1. The molecule has 3 aliphatic heterocycles. The van der Waals surface area contributed by atoms with Crippen molar-refractivity contribution < 1.29 is 29.3 Å². The number of aliphatic hydroxyl groups excluding tert-OH is 1. The van der Waals surface area contributed by atoms with Gasteiger partial charge in [0, 0.05) is 0 Å². The van der Waals surface area contributed by atoms with Crippen LogP contribution in [0.3, 0.4) is 0 Å². The van der Waals surface area contributed by atoms with E-state index in [1.807, 2.05) is 0 Å². The first-order valence-corrected chi connectivity index (χ1v) is 2.69. The van der Waals surface area contributed by atoms with Crippen LogP contribution in [0.2, 0.25) is 0 Å². The molecule has 0 radical (unpaired) electrons. The molecule has 0 spiro atoms. The van der Waals surface area contributed by atoms with Crippen LogP contribution in [0, 0.1) is 0 Å². The van der Waals surface area contributed by atoms with E-state index in [1.54, 1.807) is 0 Å². The molecule has 0 aromatic heterocycles. The summed E-state index contributed by atoms with van der Waals surface area (Å²) in [4.78, 5) is 0. The summed E-state index contributed by atoms with van der Waals surface area (Å²) in [5.74, 6) is -4.30. The van der Waals surface area contributed by atoms with E-state index >= 15 is 0 Å². The van der Waals surface area contributed by atoms with Crippen LogP contribution in [-0.2, 0) is 14.0 Å². The molecule has 3 N–H and O–H groups in total. The molecule has 0 saturated carbocycles. The Morgan fingerprint density at radius 2 is 1.80 bits per heavy atom. The summed E-state index contributed by atoms with van der Waals surface area (Å²) in [5.41, 5.74) is 0. The predicted molar refractivity (Wildman–Crippen MR) is 26.0 cm³/mol. The topological polar surface area (TPSA) is 88.4 Å². The molecule has 3 aliphatic rings. The maximum atomic E-state index is 9.10. The molecule has 0 aromatic rings. The second-order valence-corrected chi connectivity index (χ2v) is 2.17. The molecule has 3 heterocycles. The first-order valence-electron chi connectivity index (χ1n) is 2.69. The molecule has 0 aromatic carbocycles. The van der Waals surface area contributed by atoms with Gasteiger partial charge >= 0.3 is 13.3 Å². The Morgan fingerprint density at radius 3 is 2.00 bits per heavy atom. The van der Waals surface area contributed by atoms with Gasteiger partial charge in [0.25, 0.3) is 5.79 Å². The zero-order valence-corrected chi connectivity index (χ0v) is 4.85. The van der Waals surface area contributed by atoms with Crippen molar-refractivity contribution >= 4 is 7.32 Å². The van der Waals surface area contributed by atoms with Gasteiger partial charge in [-0.3, -0.25) is 0 Å². The van der Waals surface area contributed by atoms with Gasteiger partial charge in [-0.15, -0.1) is 0 Å². The molecule has 3 fully saturated rings. The van der Waals surface area contributed by atoms with Gasteiger partial charge in [-0.05, 0) is 0 Å². The summed E-state index contributed by atoms with van der Waals surface area (Å²) in [6, 6.07) is 0. The van der Waals surface area contributed by atoms with Gasteiger partial charge in [-0.2, -0.15) is 0 Å². The lowest BCUT2D eigenvalue weighted by Gasteiger charge is -2.33. The minimum Gasteiger partial charge on any atom is -0.390 e. The lowest BCUT2D eigenvalue weighted by atomic mass is 10.2. The minimum absolute atomic E-state index is 0.778. The van der Waals surface area contributed by atoms with Crippen molar-refractivity contribution in [3.8, 4) is 0 Å². The maximum Gasteiger partial charge on any atom is 0.649 e. The van der Waals surface area contributed by atoms with Crippen LogP contribution in [0.1, 0.15) is 0 Å². The zero-order valence-electron chi connectivity index (χ0n) is 4.85. The van der Waals surface area contributed by atoms with E-state index in [9.17, 15) is 0 Å². The predicted octanol–water partition coefficient (Wildman–Crippen LogP) is -2.62. The van der Waals surface area contributed by atoms with E-state index in [-0.39, 0.29) is 0 Å². The second kappa shape index (κ2) is 1.52. The van der Waals surface area contributed by atoms with Crippen molar-refractivity contribution in [1.82, 2.24) is 0 Å². The number of hydrogen-bond donors (Lipinski definition) is 3. The van der Waals surface area contributed by atoms with Gasteiger partial charge < -0.3 is 29.3 Å². The lowest BCUT2D eigenvalue weighted by Crippen LogP contribution is -2.59. The quantitative estimate of drug-likeness (QED) is 0.352. The third-order valence-electron chi connectivity index (χ3n) is 1.51. The van der Waals surface area contributed by atoms with Gasteiger partial charge in [-0.25, -0.2) is 0 Å². The zero-order chi connectivity index (χ0) is 7.41. The van der Waals surface area contributed by atoms with E-state index < -0.39 is 25.7 Å². The fraction of sp³-hybridized carbons (Fsp3) is 1.00. The van der Waals surface area contributed by atoms with Gasteiger partial charge in [0.2, 0.25) is 0 Å². The van der Waals surface area contributed by atoms with E-state index in [4.69, 9.17) is 15.3 Å². The summed E-state index contributed by atoms with van der Waals surface area (Å²) in [7, 11) is -1.05. The van der Waals surface area contributed by atoms with E-state index in [2.05, 4.69) is 14.0 Å². The first kappa shape index (κ1) is 6.53. The standard InChI is InChI=1S/C3H5BO6/c5-1-2(6)3(7)9-4(8-2)10-3/h5-7H,1H2. The summed E-state index contributed by atoms with van der Waals surface area (Å²) >= 11 is 0. The molecule has 3 rings (SSSR count). The molecule has 0 aliphatic carbocycles. The van der Waals surface area contributed by atoms with Gasteiger partial charge in [0.15, 0.2) is 0 Å². The van der Waals surface area contributed by atoms with Crippen molar-refractivity contribution in [2.45, 2.75) is 11.8 Å². The largest absolute Gasteiger partial charge is 0.649 e. The highest BCUT2D eigenvalue weighted by molar-refractivity contribution is 6.40. The van der Waals surface area contributed by atoms with Crippen LogP contribution >= 0.6 is 0 Å². The summed E-state index contributed by atoms with van der Waals surface area (Å²) in [5, 5.41) is 26.6. The van der Waals surface area contributed by atoms with Crippen molar-refractivity contribution in [2.24, 2.45) is 0 Å². The van der Waals surface area contributed by atoms with Crippen LogP contribution < -0.4 is 0 Å². The Morgan fingerprint density at radius 1 is 1.20 bits per heavy atom. The molecule has 3 saturated heterocycles. The average molecular weight is 148 g/mol. The normalized spacial score (nSPS) is 51.3. The smallest absolute Gasteiger partial charge is 0.390 e. The fourth-order valence-electron chi connectivity index (χ4n) is 0.873. The van der Waals surface area contributed by atoms with Crippen LogP contribution in [0.25, 0.3) is 0 Å². The third kappa shape index (κ3) is 0.507. The monoisotopic (exact) mass is 148 g/mol. The minimum atomic E-state index is -2.17. The fourth-order valence-corrected chi connectivity index (χ4v) is 0.873. The highest BCUT2D eigenvalue weighted by Crippen LogP contribution is 2.44. The van der Waals surface area contributed by atoms with Crippen LogP contribution in [0.4, 0.5) is 0 Å².